The van der Waals surface area contributed by atoms with E-state index in [4.69, 9.17) is 4.74 Å². The van der Waals surface area contributed by atoms with Crippen molar-refractivity contribution in [3.05, 3.63) is 104 Å². The zero-order valence-electron chi connectivity index (χ0n) is 24.5. The SMILES string of the molecule is Cc1cc(N2CCOCC2)cc(F)c1C(=O)N[C@@H](Cc1ccc(-n2c(=O)c3ncccc3n(C)c2=O)c2ncccc12)C(=O)O. The number of pyridine rings is 2. The molecule has 1 atom stereocenters. The fourth-order valence-electron chi connectivity index (χ4n) is 5.73. The summed E-state index contributed by atoms with van der Waals surface area (Å²) in [6.07, 6.45) is 2.78. The maximum atomic E-state index is 15.3. The second-order valence-electron chi connectivity index (χ2n) is 10.8. The Kier molecular flexibility index (Phi) is 7.85. The number of halogens is 1. The first kappa shape index (κ1) is 29.6. The summed E-state index contributed by atoms with van der Waals surface area (Å²) in [5.74, 6) is -2.93. The van der Waals surface area contributed by atoms with Crippen LogP contribution in [0.1, 0.15) is 21.5 Å². The van der Waals surface area contributed by atoms with Gasteiger partial charge in [-0.3, -0.25) is 19.1 Å². The molecule has 4 heterocycles. The van der Waals surface area contributed by atoms with Crippen molar-refractivity contribution in [2.45, 2.75) is 19.4 Å². The van der Waals surface area contributed by atoms with Crippen LogP contribution >= 0.6 is 0 Å². The number of ether oxygens (including phenoxy) is 1. The average molecular weight is 613 g/mol. The molecule has 1 aliphatic heterocycles. The summed E-state index contributed by atoms with van der Waals surface area (Å²) in [4.78, 5) is 62.9. The van der Waals surface area contributed by atoms with Crippen molar-refractivity contribution < 1.29 is 23.8 Å². The number of rotatable bonds is 7. The van der Waals surface area contributed by atoms with Crippen LogP contribution < -0.4 is 21.5 Å². The molecule has 3 aromatic heterocycles. The van der Waals surface area contributed by atoms with Gasteiger partial charge in [0, 0.05) is 50.0 Å². The van der Waals surface area contributed by atoms with Crippen LogP contribution in [-0.2, 0) is 23.0 Å². The summed E-state index contributed by atoms with van der Waals surface area (Å²) >= 11 is 0. The summed E-state index contributed by atoms with van der Waals surface area (Å²) in [7, 11) is 1.53. The van der Waals surface area contributed by atoms with E-state index in [0.29, 0.717) is 54.0 Å². The number of nitrogens with one attached hydrogen (secondary N) is 1. The second kappa shape index (κ2) is 11.9. The molecule has 2 aromatic carbocycles. The minimum Gasteiger partial charge on any atom is -0.480 e. The van der Waals surface area contributed by atoms with Crippen molar-refractivity contribution in [3.8, 4) is 5.69 Å². The van der Waals surface area contributed by atoms with Gasteiger partial charge in [-0.25, -0.2) is 23.5 Å². The van der Waals surface area contributed by atoms with Gasteiger partial charge in [0.2, 0.25) is 0 Å². The fourth-order valence-corrected chi connectivity index (χ4v) is 5.73. The molecule has 0 spiro atoms. The zero-order valence-corrected chi connectivity index (χ0v) is 24.5. The highest BCUT2D eigenvalue weighted by Gasteiger charge is 2.26. The van der Waals surface area contributed by atoms with Gasteiger partial charge >= 0.3 is 11.7 Å². The first-order valence-electron chi connectivity index (χ1n) is 14.3. The Hall–Kier alpha value is -5.43. The molecule has 5 aromatic rings. The molecule has 1 aliphatic rings. The molecule has 0 radical (unpaired) electrons. The van der Waals surface area contributed by atoms with E-state index in [0.717, 1.165) is 4.57 Å². The largest absolute Gasteiger partial charge is 0.480 e. The third-order valence-electron chi connectivity index (χ3n) is 8.01. The molecule has 2 N–H and O–H groups in total. The number of carbonyl (C=O) groups is 2. The van der Waals surface area contributed by atoms with Gasteiger partial charge in [0.05, 0.1) is 35.5 Å². The molecule has 0 saturated carbocycles. The normalized spacial score (nSPS) is 14.1. The molecule has 0 aliphatic carbocycles. The lowest BCUT2D eigenvalue weighted by atomic mass is 9.99. The van der Waals surface area contributed by atoms with E-state index >= 15 is 4.39 Å². The number of benzene rings is 2. The standard InChI is InChI=1S/C32H29FN6O6/c1-18-15-20(38-11-13-45-14-12-38)17-22(33)26(18)29(40)36-23(31(42)43)16-19-7-8-25(27-21(19)5-3-9-34-27)39-30(41)28-24(6-4-10-35-28)37(2)32(39)44/h3-10,15,17,23H,11-14,16H2,1-2H3,(H,36,40)(H,42,43)/t23-/m0/s1. The minimum atomic E-state index is -1.43. The van der Waals surface area contributed by atoms with Crippen molar-refractivity contribution in [3.63, 3.8) is 0 Å². The zero-order chi connectivity index (χ0) is 31.8. The van der Waals surface area contributed by atoms with E-state index in [2.05, 4.69) is 15.3 Å². The number of carboxylic acids is 1. The van der Waals surface area contributed by atoms with Crippen LogP contribution in [0.3, 0.4) is 0 Å². The van der Waals surface area contributed by atoms with E-state index in [1.165, 1.54) is 36.1 Å². The predicted molar refractivity (Wildman–Crippen MR) is 165 cm³/mol. The summed E-state index contributed by atoms with van der Waals surface area (Å²) in [5, 5.41) is 13.0. The molecule has 6 rings (SSSR count). The van der Waals surface area contributed by atoms with Gasteiger partial charge in [-0.2, -0.15) is 0 Å². The number of carbonyl (C=O) groups excluding carboxylic acids is 1. The van der Waals surface area contributed by atoms with Crippen LogP contribution in [0, 0.1) is 12.7 Å². The van der Waals surface area contributed by atoms with Gasteiger partial charge in [0.25, 0.3) is 11.5 Å². The van der Waals surface area contributed by atoms with Crippen molar-refractivity contribution in [2.75, 3.05) is 31.2 Å². The number of morpholine rings is 1. The summed E-state index contributed by atoms with van der Waals surface area (Å²) < 4.78 is 22.9. The number of carboxylic acid groups (broad SMARTS) is 1. The summed E-state index contributed by atoms with van der Waals surface area (Å²) in [6, 6.07) is 11.2. The molecule has 1 amide bonds. The van der Waals surface area contributed by atoms with Crippen molar-refractivity contribution in [1.29, 1.82) is 0 Å². The third-order valence-corrected chi connectivity index (χ3v) is 8.01. The average Bonchev–Trinajstić information content (AvgIpc) is 3.04. The van der Waals surface area contributed by atoms with E-state index in [9.17, 15) is 24.3 Å². The smallest absolute Gasteiger partial charge is 0.336 e. The monoisotopic (exact) mass is 612 g/mol. The Balaban J connectivity index is 1.34. The third kappa shape index (κ3) is 5.42. The van der Waals surface area contributed by atoms with Crippen LogP contribution in [0.4, 0.5) is 10.1 Å². The highest BCUT2D eigenvalue weighted by molar-refractivity contribution is 5.99. The molecular formula is C32H29FN6O6. The molecule has 13 heteroatoms. The van der Waals surface area contributed by atoms with Crippen molar-refractivity contribution >= 4 is 39.5 Å². The van der Waals surface area contributed by atoms with Gasteiger partial charge in [0.1, 0.15) is 11.9 Å². The van der Waals surface area contributed by atoms with E-state index in [1.54, 1.807) is 43.3 Å². The lowest BCUT2D eigenvalue weighted by Crippen LogP contribution is -2.43. The van der Waals surface area contributed by atoms with Crippen LogP contribution in [0.2, 0.25) is 0 Å². The Bertz CT molecular complexity index is 2080. The summed E-state index contributed by atoms with van der Waals surface area (Å²) in [6.45, 7) is 3.81. The number of aryl methyl sites for hydroxylation is 2. The molecular weight excluding hydrogens is 583 g/mol. The maximum Gasteiger partial charge on any atom is 0.336 e. The van der Waals surface area contributed by atoms with Crippen LogP contribution in [0.15, 0.2) is 70.5 Å². The number of nitrogens with zero attached hydrogens (tertiary/aromatic N) is 5. The second-order valence-corrected chi connectivity index (χ2v) is 10.8. The molecule has 0 bridgehead atoms. The van der Waals surface area contributed by atoms with Gasteiger partial charge in [-0.1, -0.05) is 12.1 Å². The van der Waals surface area contributed by atoms with Crippen LogP contribution in [-0.4, -0.2) is 68.4 Å². The quantitative estimate of drug-likeness (QED) is 0.283. The van der Waals surface area contributed by atoms with E-state index in [-0.39, 0.29) is 28.7 Å². The topological polar surface area (TPSA) is 149 Å². The first-order valence-corrected chi connectivity index (χ1v) is 14.3. The Morgan fingerprint density at radius 2 is 1.76 bits per heavy atom. The molecule has 0 unspecified atom stereocenters. The fraction of sp³-hybridized carbons (Fsp3) is 0.250. The molecule has 230 valence electrons. The van der Waals surface area contributed by atoms with Gasteiger partial charge in [-0.05, 0) is 54.4 Å². The van der Waals surface area contributed by atoms with E-state index in [1.807, 2.05) is 4.90 Å². The number of amides is 1. The lowest BCUT2D eigenvalue weighted by Gasteiger charge is -2.29. The molecule has 12 nitrogen and oxygen atoms in total. The number of fused-ring (bicyclic) bond motifs is 2. The number of hydrogen-bond acceptors (Lipinski definition) is 8. The van der Waals surface area contributed by atoms with Crippen molar-refractivity contribution in [2.24, 2.45) is 7.05 Å². The number of aromatic nitrogens is 4. The van der Waals surface area contributed by atoms with Crippen molar-refractivity contribution in [1.82, 2.24) is 24.4 Å². The molecule has 1 fully saturated rings. The molecule has 1 saturated heterocycles. The number of hydrogen-bond donors (Lipinski definition) is 2. The van der Waals surface area contributed by atoms with Crippen LogP contribution in [0.25, 0.3) is 27.6 Å². The highest BCUT2D eigenvalue weighted by atomic mass is 19.1. The predicted octanol–water partition coefficient (Wildman–Crippen LogP) is 2.34. The Morgan fingerprint density at radius 1 is 1.04 bits per heavy atom. The van der Waals surface area contributed by atoms with E-state index < -0.39 is 35.0 Å². The highest BCUT2D eigenvalue weighted by Crippen LogP contribution is 2.26. The lowest BCUT2D eigenvalue weighted by molar-refractivity contribution is -0.139. The molecule has 45 heavy (non-hydrogen) atoms. The Morgan fingerprint density at radius 3 is 2.47 bits per heavy atom. The summed E-state index contributed by atoms with van der Waals surface area (Å²) in [5.41, 5.74) is 0.959. The first-order chi connectivity index (χ1) is 21.7. The number of aliphatic carboxylic acids is 1. The van der Waals surface area contributed by atoms with Crippen LogP contribution in [0.5, 0.6) is 0 Å². The number of anilines is 1. The maximum absolute atomic E-state index is 15.3. The van der Waals surface area contributed by atoms with Gasteiger partial charge < -0.3 is 20.1 Å². The van der Waals surface area contributed by atoms with Gasteiger partial charge in [-0.15, -0.1) is 0 Å². The minimum absolute atomic E-state index is 0.0990. The van der Waals surface area contributed by atoms with Gasteiger partial charge in [0.15, 0.2) is 5.52 Å². The Labute approximate surface area is 255 Å².